The third kappa shape index (κ3) is 3.24. The molecule has 0 aromatic heterocycles. The predicted octanol–water partition coefficient (Wildman–Crippen LogP) is 3.42. The summed E-state index contributed by atoms with van der Waals surface area (Å²) in [7, 11) is 1.59. The van der Waals surface area contributed by atoms with Crippen molar-refractivity contribution in [2.75, 3.05) is 7.11 Å². The van der Waals surface area contributed by atoms with Crippen molar-refractivity contribution in [1.29, 1.82) is 5.26 Å². The van der Waals surface area contributed by atoms with Gasteiger partial charge in [0.15, 0.2) is 0 Å². The predicted molar refractivity (Wildman–Crippen MR) is 69.4 cm³/mol. The smallest absolute Gasteiger partial charge is 0.136 e. The Morgan fingerprint density at radius 2 is 2.06 bits per heavy atom. The molecule has 1 aliphatic rings. The van der Waals surface area contributed by atoms with Crippen LogP contribution in [-0.2, 0) is 11.3 Å². The minimum atomic E-state index is 0.403. The molecule has 1 aromatic carbocycles. The Bertz CT molecular complexity index is 431. The fourth-order valence-corrected chi connectivity index (χ4v) is 2.36. The second-order valence-corrected chi connectivity index (χ2v) is 4.72. The van der Waals surface area contributed by atoms with Crippen molar-refractivity contribution in [3.05, 3.63) is 29.3 Å². The molecular weight excluding hydrogens is 226 g/mol. The first-order chi connectivity index (χ1) is 8.83. The molecular formula is C15H19NO2. The lowest BCUT2D eigenvalue weighted by atomic mass is 9.98. The van der Waals surface area contributed by atoms with Crippen LogP contribution in [0.4, 0.5) is 0 Å². The Kier molecular flexibility index (Phi) is 4.60. The van der Waals surface area contributed by atoms with E-state index in [4.69, 9.17) is 14.7 Å². The summed E-state index contributed by atoms with van der Waals surface area (Å²) in [5.74, 6) is 0.627. The fraction of sp³-hybridized carbons (Fsp3) is 0.533. The lowest BCUT2D eigenvalue weighted by molar-refractivity contribution is 0.0168. The molecule has 96 valence electrons. The van der Waals surface area contributed by atoms with E-state index < -0.39 is 0 Å². The molecule has 0 N–H and O–H groups in total. The molecule has 18 heavy (non-hydrogen) atoms. The molecule has 3 heteroatoms. The molecule has 3 nitrogen and oxygen atoms in total. The van der Waals surface area contributed by atoms with Crippen molar-refractivity contribution in [1.82, 2.24) is 0 Å². The van der Waals surface area contributed by atoms with E-state index in [1.54, 1.807) is 13.2 Å². The third-order valence-electron chi connectivity index (χ3n) is 3.42. The van der Waals surface area contributed by atoms with Crippen LogP contribution in [0.25, 0.3) is 0 Å². The van der Waals surface area contributed by atoms with E-state index in [1.807, 2.05) is 12.1 Å². The molecule has 0 spiro atoms. The molecule has 0 bridgehead atoms. The summed E-state index contributed by atoms with van der Waals surface area (Å²) in [6, 6.07) is 7.73. The number of nitriles is 1. The quantitative estimate of drug-likeness (QED) is 0.816. The van der Waals surface area contributed by atoms with E-state index in [2.05, 4.69) is 6.07 Å². The van der Waals surface area contributed by atoms with Crippen LogP contribution in [0.5, 0.6) is 5.75 Å². The van der Waals surface area contributed by atoms with Gasteiger partial charge in [-0.25, -0.2) is 0 Å². The summed E-state index contributed by atoms with van der Waals surface area (Å²) in [5, 5.41) is 8.91. The summed E-state index contributed by atoms with van der Waals surface area (Å²) >= 11 is 0. The maximum atomic E-state index is 8.91. The number of rotatable bonds is 4. The van der Waals surface area contributed by atoms with Gasteiger partial charge in [-0.2, -0.15) is 5.26 Å². The van der Waals surface area contributed by atoms with Gasteiger partial charge in [-0.3, -0.25) is 0 Å². The van der Waals surface area contributed by atoms with Crippen LogP contribution in [-0.4, -0.2) is 13.2 Å². The Balaban J connectivity index is 1.95. The van der Waals surface area contributed by atoms with Gasteiger partial charge in [-0.05, 0) is 30.5 Å². The van der Waals surface area contributed by atoms with Crippen molar-refractivity contribution >= 4 is 0 Å². The van der Waals surface area contributed by atoms with Gasteiger partial charge in [0.05, 0.1) is 25.4 Å². The number of ether oxygens (including phenoxy) is 2. The van der Waals surface area contributed by atoms with Gasteiger partial charge >= 0.3 is 0 Å². The zero-order valence-corrected chi connectivity index (χ0v) is 10.8. The number of hydrogen-bond donors (Lipinski definition) is 0. The number of benzene rings is 1. The standard InChI is InChI=1S/C15H19NO2/c1-17-15-9-12(7-8-13(15)10-16)11-18-14-5-3-2-4-6-14/h7-9,14H,2-6,11H2,1H3. The van der Waals surface area contributed by atoms with Gasteiger partial charge in [-0.15, -0.1) is 0 Å². The minimum absolute atomic E-state index is 0.403. The Labute approximate surface area is 108 Å². The van der Waals surface area contributed by atoms with E-state index in [-0.39, 0.29) is 0 Å². The molecule has 1 fully saturated rings. The molecule has 1 saturated carbocycles. The van der Waals surface area contributed by atoms with E-state index in [9.17, 15) is 0 Å². The summed E-state index contributed by atoms with van der Waals surface area (Å²) in [6.07, 6.45) is 6.65. The van der Waals surface area contributed by atoms with Crippen molar-refractivity contribution in [3.63, 3.8) is 0 Å². The second-order valence-electron chi connectivity index (χ2n) is 4.72. The number of hydrogen-bond acceptors (Lipinski definition) is 3. The minimum Gasteiger partial charge on any atom is -0.495 e. The average Bonchev–Trinajstić information content (AvgIpc) is 2.45. The van der Waals surface area contributed by atoms with Crippen LogP contribution in [0.1, 0.15) is 43.2 Å². The van der Waals surface area contributed by atoms with E-state index in [0.29, 0.717) is 24.0 Å². The highest BCUT2D eigenvalue weighted by molar-refractivity contribution is 5.45. The molecule has 0 amide bonds. The highest BCUT2D eigenvalue weighted by Gasteiger charge is 2.14. The molecule has 0 unspecified atom stereocenters. The first-order valence-electron chi connectivity index (χ1n) is 6.52. The second kappa shape index (κ2) is 6.42. The Morgan fingerprint density at radius 1 is 1.28 bits per heavy atom. The van der Waals surface area contributed by atoms with Crippen molar-refractivity contribution in [2.24, 2.45) is 0 Å². The molecule has 1 aliphatic carbocycles. The van der Waals surface area contributed by atoms with Gasteiger partial charge in [0, 0.05) is 0 Å². The van der Waals surface area contributed by atoms with Gasteiger partial charge in [-0.1, -0.05) is 25.3 Å². The maximum Gasteiger partial charge on any atom is 0.136 e. The summed E-state index contributed by atoms with van der Waals surface area (Å²) in [4.78, 5) is 0. The largest absolute Gasteiger partial charge is 0.495 e. The van der Waals surface area contributed by atoms with E-state index in [1.165, 1.54) is 32.1 Å². The van der Waals surface area contributed by atoms with Gasteiger partial charge in [0.25, 0.3) is 0 Å². The van der Waals surface area contributed by atoms with E-state index in [0.717, 1.165) is 5.56 Å². The molecule has 0 heterocycles. The van der Waals surface area contributed by atoms with Crippen molar-refractivity contribution in [3.8, 4) is 11.8 Å². The molecule has 1 aromatic rings. The topological polar surface area (TPSA) is 42.2 Å². The van der Waals surface area contributed by atoms with Crippen LogP contribution in [0, 0.1) is 11.3 Å². The Morgan fingerprint density at radius 3 is 2.72 bits per heavy atom. The maximum absolute atomic E-state index is 8.91. The van der Waals surface area contributed by atoms with Crippen LogP contribution < -0.4 is 4.74 Å². The highest BCUT2D eigenvalue weighted by Crippen LogP contribution is 2.23. The normalized spacial score (nSPS) is 16.2. The lowest BCUT2D eigenvalue weighted by Crippen LogP contribution is -2.16. The monoisotopic (exact) mass is 245 g/mol. The van der Waals surface area contributed by atoms with E-state index >= 15 is 0 Å². The molecule has 0 radical (unpaired) electrons. The summed E-state index contributed by atoms with van der Waals surface area (Å²) in [5.41, 5.74) is 1.63. The SMILES string of the molecule is COc1cc(COC2CCCCC2)ccc1C#N. The Hall–Kier alpha value is -1.53. The highest BCUT2D eigenvalue weighted by atomic mass is 16.5. The van der Waals surface area contributed by atoms with Gasteiger partial charge in [0.2, 0.25) is 0 Å². The number of nitrogens with zero attached hydrogens (tertiary/aromatic N) is 1. The van der Waals surface area contributed by atoms with Crippen LogP contribution in [0.15, 0.2) is 18.2 Å². The zero-order valence-electron chi connectivity index (χ0n) is 10.8. The molecule has 2 rings (SSSR count). The van der Waals surface area contributed by atoms with Gasteiger partial charge < -0.3 is 9.47 Å². The number of methoxy groups -OCH3 is 1. The zero-order chi connectivity index (χ0) is 12.8. The average molecular weight is 245 g/mol. The fourth-order valence-electron chi connectivity index (χ4n) is 2.36. The van der Waals surface area contributed by atoms with Crippen LogP contribution in [0.3, 0.4) is 0 Å². The molecule has 0 saturated heterocycles. The first kappa shape index (κ1) is 12.9. The summed E-state index contributed by atoms with van der Waals surface area (Å²) in [6.45, 7) is 0.604. The molecule has 0 aliphatic heterocycles. The van der Waals surface area contributed by atoms with Gasteiger partial charge in [0.1, 0.15) is 11.8 Å². The van der Waals surface area contributed by atoms with Crippen LogP contribution >= 0.6 is 0 Å². The lowest BCUT2D eigenvalue weighted by Gasteiger charge is -2.22. The third-order valence-corrected chi connectivity index (χ3v) is 3.42. The summed E-state index contributed by atoms with van der Waals surface area (Å²) < 4.78 is 11.1. The van der Waals surface area contributed by atoms with Crippen molar-refractivity contribution in [2.45, 2.75) is 44.8 Å². The molecule has 0 atom stereocenters. The first-order valence-corrected chi connectivity index (χ1v) is 6.52. The van der Waals surface area contributed by atoms with Crippen molar-refractivity contribution < 1.29 is 9.47 Å². The van der Waals surface area contributed by atoms with Crippen LogP contribution in [0.2, 0.25) is 0 Å².